The van der Waals surface area contributed by atoms with Gasteiger partial charge in [-0.15, -0.1) is 0 Å². The van der Waals surface area contributed by atoms with E-state index in [4.69, 9.17) is 9.57 Å². The van der Waals surface area contributed by atoms with Crippen molar-refractivity contribution < 1.29 is 14.4 Å². The van der Waals surface area contributed by atoms with Crippen LogP contribution in [0.2, 0.25) is 0 Å². The molecule has 0 bridgehead atoms. The van der Waals surface area contributed by atoms with Gasteiger partial charge in [0, 0.05) is 0 Å². The minimum absolute atomic E-state index is 0.0845. The van der Waals surface area contributed by atoms with Gasteiger partial charge in [-0.05, 0) is 12.8 Å². The van der Waals surface area contributed by atoms with Crippen LogP contribution in [-0.4, -0.2) is 24.9 Å². The van der Waals surface area contributed by atoms with E-state index >= 15 is 0 Å². The molecular weight excluding hydrogens is 146 g/mol. The highest BCUT2D eigenvalue weighted by atomic mass is 16.8. The molecule has 2 aliphatic rings. The summed E-state index contributed by atoms with van der Waals surface area (Å²) in [4.78, 5) is 15.3. The lowest BCUT2D eigenvalue weighted by atomic mass is 9.96. The van der Waals surface area contributed by atoms with Gasteiger partial charge >= 0.3 is 0 Å². The van der Waals surface area contributed by atoms with Crippen molar-refractivity contribution >= 4 is 12.0 Å². The summed E-state index contributed by atoms with van der Waals surface area (Å²) in [5.74, 6) is 0.0845. The lowest BCUT2D eigenvalue weighted by Gasteiger charge is -2.22. The highest BCUT2D eigenvalue weighted by molar-refractivity contribution is 6.29. The maximum absolute atomic E-state index is 10.4. The predicted molar refractivity (Wildman–Crippen MR) is 37.0 cm³/mol. The van der Waals surface area contributed by atoms with Gasteiger partial charge in [-0.25, -0.2) is 0 Å². The third-order valence-corrected chi connectivity index (χ3v) is 2.03. The molecule has 2 atom stereocenters. The number of nitrogens with zero attached hydrogens (tertiary/aromatic N) is 1. The summed E-state index contributed by atoms with van der Waals surface area (Å²) >= 11 is 0. The lowest BCUT2D eigenvalue weighted by Crippen LogP contribution is -2.31. The topological polar surface area (TPSA) is 47.9 Å². The van der Waals surface area contributed by atoms with E-state index in [1.54, 1.807) is 0 Å². The molecule has 4 nitrogen and oxygen atoms in total. The smallest absolute Gasteiger partial charge is 0.235 e. The molecular formula is C7H9NO3. The molecule has 2 aliphatic heterocycles. The molecule has 2 heterocycles. The standard InChI is InChI=1S/C7H9NO3/c9-4-6-5-2-1-3-10-7(5)11-8-6/h4-5,7H,1-3H2/t5-,7+/m1/s1. The number of aldehydes is 1. The SMILES string of the molecule is O=CC1=NO[C@@H]2OCCC[C@H]12. The Kier molecular flexibility index (Phi) is 1.62. The first-order valence-corrected chi connectivity index (χ1v) is 3.72. The Labute approximate surface area is 64.2 Å². The molecule has 4 heteroatoms. The Morgan fingerprint density at radius 3 is 3.36 bits per heavy atom. The summed E-state index contributed by atoms with van der Waals surface area (Å²) in [7, 11) is 0. The van der Waals surface area contributed by atoms with E-state index in [1.807, 2.05) is 0 Å². The number of ether oxygens (including phenoxy) is 1. The molecule has 0 aliphatic carbocycles. The summed E-state index contributed by atoms with van der Waals surface area (Å²) in [6, 6.07) is 0. The molecule has 0 spiro atoms. The zero-order valence-corrected chi connectivity index (χ0v) is 6.03. The van der Waals surface area contributed by atoms with Gasteiger partial charge < -0.3 is 9.57 Å². The first-order chi connectivity index (χ1) is 5.42. The van der Waals surface area contributed by atoms with E-state index in [0.717, 1.165) is 19.1 Å². The average Bonchev–Trinajstić information content (AvgIpc) is 2.47. The van der Waals surface area contributed by atoms with Gasteiger partial charge in [-0.3, -0.25) is 4.79 Å². The zero-order chi connectivity index (χ0) is 7.68. The van der Waals surface area contributed by atoms with Gasteiger partial charge in [0.2, 0.25) is 6.29 Å². The third kappa shape index (κ3) is 1.03. The molecule has 0 amide bonds. The maximum atomic E-state index is 10.4. The molecule has 60 valence electrons. The second-order valence-corrected chi connectivity index (χ2v) is 2.73. The van der Waals surface area contributed by atoms with Crippen LogP contribution < -0.4 is 0 Å². The van der Waals surface area contributed by atoms with E-state index in [9.17, 15) is 4.79 Å². The van der Waals surface area contributed by atoms with Gasteiger partial charge in [0.15, 0.2) is 6.29 Å². The van der Waals surface area contributed by atoms with Crippen molar-refractivity contribution in [1.82, 2.24) is 0 Å². The van der Waals surface area contributed by atoms with E-state index in [1.165, 1.54) is 0 Å². The van der Waals surface area contributed by atoms with Crippen molar-refractivity contribution in [3.05, 3.63) is 0 Å². The summed E-state index contributed by atoms with van der Waals surface area (Å²) in [6.07, 6.45) is 2.39. The van der Waals surface area contributed by atoms with Gasteiger partial charge in [0.1, 0.15) is 5.71 Å². The summed E-state index contributed by atoms with van der Waals surface area (Å²) < 4.78 is 5.24. The number of carbonyl (C=O) groups is 1. The number of hydrogen-bond donors (Lipinski definition) is 0. The van der Waals surface area contributed by atoms with Crippen LogP contribution in [0.4, 0.5) is 0 Å². The fourth-order valence-electron chi connectivity index (χ4n) is 1.44. The van der Waals surface area contributed by atoms with Crippen LogP contribution in [-0.2, 0) is 14.4 Å². The van der Waals surface area contributed by atoms with Crippen LogP contribution >= 0.6 is 0 Å². The minimum Gasteiger partial charge on any atom is -0.363 e. The molecule has 0 radical (unpaired) electrons. The fourth-order valence-corrected chi connectivity index (χ4v) is 1.44. The molecule has 11 heavy (non-hydrogen) atoms. The van der Waals surface area contributed by atoms with Gasteiger partial charge in [-0.2, -0.15) is 0 Å². The predicted octanol–water partition coefficient (Wildman–Crippen LogP) is 0.324. The van der Waals surface area contributed by atoms with Gasteiger partial charge in [-0.1, -0.05) is 5.16 Å². The molecule has 1 fully saturated rings. The number of rotatable bonds is 1. The second-order valence-electron chi connectivity index (χ2n) is 2.73. The van der Waals surface area contributed by atoms with Crippen LogP contribution in [0.15, 0.2) is 5.16 Å². The highest BCUT2D eigenvalue weighted by Gasteiger charge is 2.36. The van der Waals surface area contributed by atoms with E-state index in [0.29, 0.717) is 12.3 Å². The number of carbonyl (C=O) groups excluding carboxylic acids is 1. The first-order valence-electron chi connectivity index (χ1n) is 3.72. The lowest BCUT2D eigenvalue weighted by molar-refractivity contribution is -0.162. The molecule has 0 aromatic carbocycles. The van der Waals surface area contributed by atoms with Crippen LogP contribution in [0.3, 0.4) is 0 Å². The number of hydrogen-bond acceptors (Lipinski definition) is 4. The van der Waals surface area contributed by atoms with Crippen molar-refractivity contribution in [3.8, 4) is 0 Å². The summed E-state index contributed by atoms with van der Waals surface area (Å²) in [6.45, 7) is 0.711. The number of fused-ring (bicyclic) bond motifs is 1. The van der Waals surface area contributed by atoms with Crippen molar-refractivity contribution in [2.75, 3.05) is 6.61 Å². The van der Waals surface area contributed by atoms with Gasteiger partial charge in [0.25, 0.3) is 0 Å². The van der Waals surface area contributed by atoms with E-state index in [-0.39, 0.29) is 12.2 Å². The molecule has 0 unspecified atom stereocenters. The van der Waals surface area contributed by atoms with Crippen molar-refractivity contribution in [2.24, 2.45) is 11.1 Å². The Morgan fingerprint density at radius 2 is 2.55 bits per heavy atom. The molecule has 0 aromatic rings. The van der Waals surface area contributed by atoms with Crippen LogP contribution in [0.5, 0.6) is 0 Å². The second kappa shape index (κ2) is 2.62. The van der Waals surface area contributed by atoms with Gasteiger partial charge in [0.05, 0.1) is 12.5 Å². The normalized spacial score (nSPS) is 35.5. The monoisotopic (exact) mass is 155 g/mol. The Morgan fingerprint density at radius 1 is 1.64 bits per heavy atom. The molecule has 0 saturated carbocycles. The van der Waals surface area contributed by atoms with Crippen molar-refractivity contribution in [3.63, 3.8) is 0 Å². The summed E-state index contributed by atoms with van der Waals surface area (Å²) in [5, 5.41) is 3.62. The van der Waals surface area contributed by atoms with Crippen LogP contribution in [0.25, 0.3) is 0 Å². The third-order valence-electron chi connectivity index (χ3n) is 2.03. The highest BCUT2D eigenvalue weighted by Crippen LogP contribution is 2.27. The summed E-state index contributed by atoms with van der Waals surface area (Å²) in [5.41, 5.74) is 0.495. The molecule has 0 aromatic heterocycles. The molecule has 1 saturated heterocycles. The fraction of sp³-hybridized carbons (Fsp3) is 0.714. The first kappa shape index (κ1) is 6.79. The average molecular weight is 155 g/mol. The van der Waals surface area contributed by atoms with E-state index in [2.05, 4.69) is 5.16 Å². The van der Waals surface area contributed by atoms with E-state index < -0.39 is 0 Å². The van der Waals surface area contributed by atoms with Crippen molar-refractivity contribution in [2.45, 2.75) is 19.1 Å². The maximum Gasteiger partial charge on any atom is 0.235 e. The van der Waals surface area contributed by atoms with Crippen LogP contribution in [0, 0.1) is 5.92 Å². The Bertz CT molecular complexity index is 202. The molecule has 0 N–H and O–H groups in total. The van der Waals surface area contributed by atoms with Crippen LogP contribution in [0.1, 0.15) is 12.8 Å². The quantitative estimate of drug-likeness (QED) is 0.512. The van der Waals surface area contributed by atoms with Crippen molar-refractivity contribution in [1.29, 1.82) is 0 Å². The Hall–Kier alpha value is -0.900. The largest absolute Gasteiger partial charge is 0.363 e. The number of oxime groups is 1. The Balaban J connectivity index is 2.11. The molecule has 2 rings (SSSR count). The minimum atomic E-state index is -0.288. The zero-order valence-electron chi connectivity index (χ0n) is 6.03.